The molecule has 0 aromatic heterocycles. The number of fused-ring (bicyclic) bond motifs is 1. The fourth-order valence-electron chi connectivity index (χ4n) is 1.54. The summed E-state index contributed by atoms with van der Waals surface area (Å²) in [5, 5.41) is 12.3. The first kappa shape index (κ1) is 9.16. The van der Waals surface area contributed by atoms with Crippen LogP contribution in [0.4, 0.5) is 4.39 Å². The van der Waals surface area contributed by atoms with Gasteiger partial charge < -0.3 is 0 Å². The minimum atomic E-state index is -0.228. The summed E-state index contributed by atoms with van der Waals surface area (Å²) in [5.74, 6) is -0.228. The van der Waals surface area contributed by atoms with Gasteiger partial charge in [0.05, 0.1) is 6.61 Å². The van der Waals surface area contributed by atoms with E-state index in [-0.39, 0.29) is 12.4 Å². The topological polar surface area (TPSA) is 19.9 Å². The van der Waals surface area contributed by atoms with E-state index in [1.165, 1.54) is 12.1 Å². The van der Waals surface area contributed by atoms with E-state index in [1.807, 2.05) is 18.2 Å². The van der Waals surface area contributed by atoms with Crippen LogP contribution in [-0.2, 0) is 11.5 Å². The van der Waals surface area contributed by atoms with Crippen molar-refractivity contribution in [3.63, 3.8) is 0 Å². The van der Waals surface area contributed by atoms with Crippen LogP contribution in [-0.4, -0.2) is 6.61 Å². The van der Waals surface area contributed by atoms with Gasteiger partial charge in [-0.25, -0.2) is 9.50 Å². The lowest BCUT2D eigenvalue weighted by Gasteiger charge is -2.01. The van der Waals surface area contributed by atoms with Crippen molar-refractivity contribution in [1.82, 2.24) is 0 Å². The Balaban J connectivity index is 2.50. The maximum absolute atomic E-state index is 12.8. The van der Waals surface area contributed by atoms with Gasteiger partial charge in [-0.3, -0.25) is 0 Å². The SMILES string of the molecule is [O]CCc1ccc2cc(F)ccc2c1. The lowest BCUT2D eigenvalue weighted by Crippen LogP contribution is -1.88. The van der Waals surface area contributed by atoms with E-state index in [0.29, 0.717) is 6.42 Å². The van der Waals surface area contributed by atoms with Gasteiger partial charge in [-0.05, 0) is 34.9 Å². The molecule has 71 valence electrons. The second-order valence-corrected chi connectivity index (χ2v) is 3.28. The Kier molecular flexibility index (Phi) is 2.46. The summed E-state index contributed by atoms with van der Waals surface area (Å²) in [6.07, 6.45) is 0.535. The molecule has 0 amide bonds. The molecule has 0 aliphatic rings. The van der Waals surface area contributed by atoms with Gasteiger partial charge in [0.15, 0.2) is 0 Å². The van der Waals surface area contributed by atoms with Crippen molar-refractivity contribution < 1.29 is 9.50 Å². The Labute approximate surface area is 81.8 Å². The van der Waals surface area contributed by atoms with Crippen molar-refractivity contribution in [1.29, 1.82) is 0 Å². The lowest BCUT2D eigenvalue weighted by molar-refractivity contribution is 0.197. The molecular weight excluding hydrogens is 179 g/mol. The van der Waals surface area contributed by atoms with Gasteiger partial charge in [0.2, 0.25) is 0 Å². The first-order valence-corrected chi connectivity index (χ1v) is 4.56. The van der Waals surface area contributed by atoms with Gasteiger partial charge in [-0.2, -0.15) is 0 Å². The minimum Gasteiger partial charge on any atom is -0.236 e. The fraction of sp³-hybridized carbons (Fsp3) is 0.167. The van der Waals surface area contributed by atoms with Crippen LogP contribution < -0.4 is 0 Å². The molecule has 0 heterocycles. The van der Waals surface area contributed by atoms with Crippen LogP contribution >= 0.6 is 0 Å². The molecule has 1 nitrogen and oxygen atoms in total. The summed E-state index contributed by atoms with van der Waals surface area (Å²) in [6, 6.07) is 10.3. The van der Waals surface area contributed by atoms with E-state index in [4.69, 9.17) is 0 Å². The van der Waals surface area contributed by atoms with Crippen LogP contribution in [0.15, 0.2) is 36.4 Å². The zero-order valence-corrected chi connectivity index (χ0v) is 7.66. The van der Waals surface area contributed by atoms with E-state index in [2.05, 4.69) is 0 Å². The lowest BCUT2D eigenvalue weighted by atomic mass is 10.1. The van der Waals surface area contributed by atoms with Crippen molar-refractivity contribution >= 4 is 10.8 Å². The summed E-state index contributed by atoms with van der Waals surface area (Å²) in [7, 11) is 0. The summed E-state index contributed by atoms with van der Waals surface area (Å²) in [6.45, 7) is -0.104. The van der Waals surface area contributed by atoms with E-state index in [1.54, 1.807) is 6.07 Å². The molecule has 0 saturated carbocycles. The molecule has 2 aromatic carbocycles. The van der Waals surface area contributed by atoms with Crippen LogP contribution in [0, 0.1) is 5.82 Å². The molecule has 0 unspecified atom stereocenters. The summed E-state index contributed by atoms with van der Waals surface area (Å²) >= 11 is 0. The average Bonchev–Trinajstić information content (AvgIpc) is 2.19. The Hall–Kier alpha value is -1.41. The summed E-state index contributed by atoms with van der Waals surface area (Å²) in [4.78, 5) is 0. The zero-order valence-electron chi connectivity index (χ0n) is 7.66. The highest BCUT2D eigenvalue weighted by Gasteiger charge is 1.97. The number of hydrogen-bond acceptors (Lipinski definition) is 0. The fourth-order valence-corrected chi connectivity index (χ4v) is 1.54. The van der Waals surface area contributed by atoms with Crippen LogP contribution in [0.1, 0.15) is 5.56 Å². The monoisotopic (exact) mass is 189 g/mol. The molecule has 0 bridgehead atoms. The van der Waals surface area contributed by atoms with Gasteiger partial charge in [0.1, 0.15) is 5.82 Å². The normalized spacial score (nSPS) is 10.7. The molecular formula is C12H10FO. The highest BCUT2D eigenvalue weighted by molar-refractivity contribution is 5.83. The Bertz CT molecular complexity index is 451. The van der Waals surface area contributed by atoms with Gasteiger partial charge in [0.25, 0.3) is 0 Å². The van der Waals surface area contributed by atoms with Crippen molar-refractivity contribution in [2.75, 3.05) is 6.61 Å². The van der Waals surface area contributed by atoms with Crippen molar-refractivity contribution in [3.8, 4) is 0 Å². The van der Waals surface area contributed by atoms with Gasteiger partial charge in [0, 0.05) is 0 Å². The Morgan fingerprint density at radius 3 is 2.50 bits per heavy atom. The third-order valence-corrected chi connectivity index (χ3v) is 2.26. The van der Waals surface area contributed by atoms with Crippen LogP contribution in [0.2, 0.25) is 0 Å². The highest BCUT2D eigenvalue weighted by atomic mass is 19.1. The standard InChI is InChI=1S/C12H10FO/c13-12-4-3-10-7-9(5-6-14)1-2-11(10)8-12/h1-4,7-8H,5-6H2. The third kappa shape index (κ3) is 1.75. The van der Waals surface area contributed by atoms with Crippen molar-refractivity contribution in [2.45, 2.75) is 6.42 Å². The molecule has 0 aliphatic carbocycles. The van der Waals surface area contributed by atoms with Crippen molar-refractivity contribution in [2.24, 2.45) is 0 Å². The molecule has 0 N–H and O–H groups in total. The van der Waals surface area contributed by atoms with E-state index in [9.17, 15) is 9.50 Å². The van der Waals surface area contributed by atoms with Crippen molar-refractivity contribution in [3.05, 3.63) is 47.8 Å². The molecule has 0 fully saturated rings. The first-order chi connectivity index (χ1) is 6.79. The van der Waals surface area contributed by atoms with Crippen LogP contribution in [0.25, 0.3) is 10.8 Å². The maximum Gasteiger partial charge on any atom is 0.123 e. The summed E-state index contributed by atoms with van der Waals surface area (Å²) < 4.78 is 12.8. The molecule has 2 heteroatoms. The number of hydrogen-bond donors (Lipinski definition) is 0. The number of halogens is 1. The van der Waals surface area contributed by atoms with Gasteiger partial charge in [-0.15, -0.1) is 0 Å². The second kappa shape index (κ2) is 3.76. The molecule has 0 saturated heterocycles. The van der Waals surface area contributed by atoms with Crippen LogP contribution in [0.3, 0.4) is 0 Å². The second-order valence-electron chi connectivity index (χ2n) is 3.28. The summed E-state index contributed by atoms with van der Waals surface area (Å²) in [5.41, 5.74) is 1.01. The Morgan fingerprint density at radius 1 is 1.00 bits per heavy atom. The largest absolute Gasteiger partial charge is 0.236 e. The third-order valence-electron chi connectivity index (χ3n) is 2.26. The van der Waals surface area contributed by atoms with Crippen LogP contribution in [0.5, 0.6) is 0 Å². The first-order valence-electron chi connectivity index (χ1n) is 4.56. The van der Waals surface area contributed by atoms with Gasteiger partial charge >= 0.3 is 0 Å². The predicted octanol–water partition coefficient (Wildman–Crippen LogP) is 2.95. The Morgan fingerprint density at radius 2 is 1.71 bits per heavy atom. The molecule has 14 heavy (non-hydrogen) atoms. The molecule has 1 radical (unpaired) electrons. The zero-order chi connectivity index (χ0) is 9.97. The predicted molar refractivity (Wildman–Crippen MR) is 53.2 cm³/mol. The number of benzene rings is 2. The molecule has 0 atom stereocenters. The molecule has 0 spiro atoms. The quantitative estimate of drug-likeness (QED) is 0.692. The van der Waals surface area contributed by atoms with E-state index < -0.39 is 0 Å². The highest BCUT2D eigenvalue weighted by Crippen LogP contribution is 2.17. The smallest absolute Gasteiger partial charge is 0.123 e. The van der Waals surface area contributed by atoms with Gasteiger partial charge in [-0.1, -0.05) is 24.3 Å². The maximum atomic E-state index is 12.8. The minimum absolute atomic E-state index is 0.104. The van der Waals surface area contributed by atoms with E-state index >= 15 is 0 Å². The number of rotatable bonds is 2. The average molecular weight is 189 g/mol. The molecule has 0 aliphatic heterocycles. The molecule has 2 aromatic rings. The molecule has 2 rings (SSSR count). The van der Waals surface area contributed by atoms with E-state index in [0.717, 1.165) is 16.3 Å².